The highest BCUT2D eigenvalue weighted by Crippen LogP contribution is 2.23. The van der Waals surface area contributed by atoms with E-state index in [2.05, 4.69) is 27.5 Å². The van der Waals surface area contributed by atoms with E-state index in [4.69, 9.17) is 11.6 Å². The van der Waals surface area contributed by atoms with Crippen LogP contribution >= 0.6 is 11.6 Å². The monoisotopic (exact) mass is 443 g/mol. The maximum atomic E-state index is 9.88. The molecule has 4 N–H and O–H groups in total. The van der Waals surface area contributed by atoms with Gasteiger partial charge >= 0.3 is 0 Å². The van der Waals surface area contributed by atoms with Gasteiger partial charge in [0.05, 0.1) is 25.3 Å². The predicted octanol–water partition coefficient (Wildman–Crippen LogP) is 3.80. The summed E-state index contributed by atoms with van der Waals surface area (Å²) in [6.45, 7) is 6.01. The minimum absolute atomic E-state index is 0.00372. The van der Waals surface area contributed by atoms with Crippen LogP contribution < -0.4 is 10.6 Å². The summed E-state index contributed by atoms with van der Waals surface area (Å²) in [6.07, 6.45) is 6.53. The molecule has 3 rings (SSSR count). The second-order valence-corrected chi connectivity index (χ2v) is 8.10. The summed E-state index contributed by atoms with van der Waals surface area (Å²) in [4.78, 5) is 8.98. The third-order valence-electron chi connectivity index (χ3n) is 5.34. The van der Waals surface area contributed by atoms with E-state index in [-0.39, 0.29) is 31.3 Å². The van der Waals surface area contributed by atoms with E-state index in [0.717, 1.165) is 28.9 Å². The molecule has 166 valence electrons. The minimum Gasteiger partial charge on any atom is -0.394 e. The van der Waals surface area contributed by atoms with Crippen LogP contribution in [0.25, 0.3) is 5.82 Å². The molecule has 0 saturated carbocycles. The van der Waals surface area contributed by atoms with E-state index in [9.17, 15) is 10.2 Å². The van der Waals surface area contributed by atoms with Gasteiger partial charge in [-0.3, -0.25) is 0 Å². The Hall–Kier alpha value is -2.45. The normalized spacial score (nSPS) is 14.3. The quantitative estimate of drug-likeness (QED) is 0.380. The SMILES string of the molecule is CCC(CO)Nc1ncc(C)c(-n2ccc(C(C)N[C@@H](CO)c3cccc(Cl)c3)c2)n1. The smallest absolute Gasteiger partial charge is 0.224 e. The Morgan fingerprint density at radius 2 is 1.97 bits per heavy atom. The summed E-state index contributed by atoms with van der Waals surface area (Å²) in [5.41, 5.74) is 2.95. The molecule has 8 heteroatoms. The topological polar surface area (TPSA) is 95.2 Å². The van der Waals surface area contributed by atoms with Crippen LogP contribution in [0.1, 0.15) is 49.0 Å². The molecule has 0 spiro atoms. The van der Waals surface area contributed by atoms with E-state index in [1.165, 1.54) is 0 Å². The van der Waals surface area contributed by atoms with Crippen LogP contribution in [0.5, 0.6) is 0 Å². The van der Waals surface area contributed by atoms with E-state index >= 15 is 0 Å². The van der Waals surface area contributed by atoms with Crippen molar-refractivity contribution in [1.82, 2.24) is 19.9 Å². The Morgan fingerprint density at radius 1 is 1.16 bits per heavy atom. The molecular weight excluding hydrogens is 414 g/mol. The van der Waals surface area contributed by atoms with Gasteiger partial charge < -0.3 is 25.4 Å². The van der Waals surface area contributed by atoms with Crippen molar-refractivity contribution >= 4 is 17.5 Å². The Balaban J connectivity index is 1.77. The number of halogens is 1. The molecule has 2 heterocycles. The summed E-state index contributed by atoms with van der Waals surface area (Å²) < 4.78 is 1.96. The van der Waals surface area contributed by atoms with Crippen molar-refractivity contribution in [3.05, 3.63) is 70.6 Å². The highest BCUT2D eigenvalue weighted by Gasteiger charge is 2.17. The van der Waals surface area contributed by atoms with Crippen molar-refractivity contribution < 1.29 is 10.2 Å². The first-order chi connectivity index (χ1) is 14.9. The summed E-state index contributed by atoms with van der Waals surface area (Å²) in [7, 11) is 0. The molecule has 7 nitrogen and oxygen atoms in total. The van der Waals surface area contributed by atoms with E-state index < -0.39 is 0 Å². The lowest BCUT2D eigenvalue weighted by Crippen LogP contribution is -2.27. The molecule has 2 unspecified atom stereocenters. The number of hydrogen-bond acceptors (Lipinski definition) is 6. The van der Waals surface area contributed by atoms with E-state index in [0.29, 0.717) is 11.0 Å². The van der Waals surface area contributed by atoms with Crippen LogP contribution in [0.4, 0.5) is 5.95 Å². The summed E-state index contributed by atoms with van der Waals surface area (Å²) in [5, 5.41) is 26.6. The first-order valence-corrected chi connectivity index (χ1v) is 10.8. The van der Waals surface area contributed by atoms with Gasteiger partial charge in [-0.1, -0.05) is 30.7 Å². The number of anilines is 1. The fraction of sp³-hybridized carbons (Fsp3) is 0.391. The number of hydrogen-bond donors (Lipinski definition) is 4. The van der Waals surface area contributed by atoms with Gasteiger partial charge in [0, 0.05) is 35.2 Å². The number of aryl methyl sites for hydroxylation is 1. The molecule has 0 fully saturated rings. The lowest BCUT2D eigenvalue weighted by Gasteiger charge is -2.22. The molecule has 0 aliphatic heterocycles. The summed E-state index contributed by atoms with van der Waals surface area (Å²) >= 11 is 6.10. The van der Waals surface area contributed by atoms with Crippen molar-refractivity contribution in [2.75, 3.05) is 18.5 Å². The molecule has 0 aliphatic rings. The largest absolute Gasteiger partial charge is 0.394 e. The maximum absolute atomic E-state index is 9.88. The van der Waals surface area contributed by atoms with Gasteiger partial charge in [0.25, 0.3) is 0 Å². The van der Waals surface area contributed by atoms with Gasteiger partial charge in [-0.15, -0.1) is 0 Å². The molecule has 0 bridgehead atoms. The highest BCUT2D eigenvalue weighted by atomic mass is 35.5. The molecule has 0 amide bonds. The zero-order chi connectivity index (χ0) is 22.4. The average Bonchev–Trinajstić information content (AvgIpc) is 3.27. The second kappa shape index (κ2) is 10.7. The molecular formula is C23H30ClN5O2. The number of nitrogens with one attached hydrogen (secondary N) is 2. The molecule has 1 aromatic carbocycles. The fourth-order valence-electron chi connectivity index (χ4n) is 3.40. The third kappa shape index (κ3) is 5.83. The molecule has 0 radical (unpaired) electrons. The van der Waals surface area contributed by atoms with Gasteiger partial charge in [0.1, 0.15) is 5.82 Å². The zero-order valence-corrected chi connectivity index (χ0v) is 18.8. The number of aliphatic hydroxyl groups excluding tert-OH is 2. The van der Waals surface area contributed by atoms with Gasteiger partial charge in [-0.05, 0) is 49.6 Å². The second-order valence-electron chi connectivity index (χ2n) is 7.66. The Morgan fingerprint density at radius 3 is 2.65 bits per heavy atom. The van der Waals surface area contributed by atoms with Crippen molar-refractivity contribution in [3.8, 4) is 5.82 Å². The summed E-state index contributed by atoms with van der Waals surface area (Å²) in [6, 6.07) is 9.23. The van der Waals surface area contributed by atoms with Crippen LogP contribution in [0.3, 0.4) is 0 Å². The Labute approximate surface area is 188 Å². The van der Waals surface area contributed by atoms with Gasteiger partial charge in [-0.2, -0.15) is 4.98 Å². The predicted molar refractivity (Wildman–Crippen MR) is 124 cm³/mol. The van der Waals surface area contributed by atoms with Crippen LogP contribution in [0.15, 0.2) is 48.9 Å². The van der Waals surface area contributed by atoms with Crippen LogP contribution in [0, 0.1) is 6.92 Å². The van der Waals surface area contributed by atoms with Crippen molar-refractivity contribution in [3.63, 3.8) is 0 Å². The first kappa shape index (κ1) is 23.2. The average molecular weight is 444 g/mol. The van der Waals surface area contributed by atoms with Gasteiger partial charge in [0.15, 0.2) is 0 Å². The maximum Gasteiger partial charge on any atom is 0.224 e. The summed E-state index contributed by atoms with van der Waals surface area (Å²) in [5.74, 6) is 1.27. The van der Waals surface area contributed by atoms with E-state index in [1.807, 2.05) is 61.1 Å². The number of nitrogens with zero attached hydrogens (tertiary/aromatic N) is 3. The molecule has 31 heavy (non-hydrogen) atoms. The lowest BCUT2D eigenvalue weighted by atomic mass is 10.1. The van der Waals surface area contributed by atoms with Crippen molar-refractivity contribution in [2.45, 2.75) is 45.3 Å². The van der Waals surface area contributed by atoms with Crippen molar-refractivity contribution in [1.29, 1.82) is 0 Å². The number of aliphatic hydroxyl groups is 2. The van der Waals surface area contributed by atoms with Crippen LogP contribution in [0.2, 0.25) is 5.02 Å². The molecule has 3 atom stereocenters. The Bertz CT molecular complexity index is 990. The van der Waals surface area contributed by atoms with E-state index in [1.54, 1.807) is 6.20 Å². The molecule has 3 aromatic rings. The third-order valence-corrected chi connectivity index (χ3v) is 5.57. The molecule has 0 aliphatic carbocycles. The van der Waals surface area contributed by atoms with Gasteiger partial charge in [-0.25, -0.2) is 4.98 Å². The minimum atomic E-state index is -0.224. The van der Waals surface area contributed by atoms with Gasteiger partial charge in [0.2, 0.25) is 5.95 Å². The fourth-order valence-corrected chi connectivity index (χ4v) is 3.60. The zero-order valence-electron chi connectivity index (χ0n) is 18.1. The first-order valence-electron chi connectivity index (χ1n) is 10.5. The highest BCUT2D eigenvalue weighted by molar-refractivity contribution is 6.30. The van der Waals surface area contributed by atoms with Crippen molar-refractivity contribution in [2.24, 2.45) is 0 Å². The Kier molecular flexibility index (Phi) is 8.03. The van der Waals surface area contributed by atoms with Crippen LogP contribution in [-0.4, -0.2) is 44.0 Å². The number of rotatable bonds is 10. The molecule has 0 saturated heterocycles. The standard InChI is InChI=1S/C23H30ClN5O2/c1-4-20(13-30)27-23-25-11-15(2)22(28-23)29-9-8-18(12-29)16(3)26-21(14-31)17-6-5-7-19(24)10-17/h5-12,16,20-21,26,30-31H,4,13-14H2,1-3H3,(H,25,27,28)/t16?,20?,21-/m0/s1. The number of benzene rings is 1. The number of aromatic nitrogens is 3. The lowest BCUT2D eigenvalue weighted by molar-refractivity contribution is 0.235. The molecule has 2 aromatic heterocycles. The van der Waals surface area contributed by atoms with Crippen LogP contribution in [-0.2, 0) is 0 Å².